The third-order valence-electron chi connectivity index (χ3n) is 4.57. The molecule has 2 nitrogen and oxygen atoms in total. The highest BCUT2D eigenvalue weighted by molar-refractivity contribution is 6.15. The molecular weight excluding hydrogens is 323 g/mol. The van der Waals surface area contributed by atoms with Crippen molar-refractivity contribution in [3.8, 4) is 11.1 Å². The van der Waals surface area contributed by atoms with E-state index in [9.17, 15) is 4.39 Å². The van der Waals surface area contributed by atoms with Crippen LogP contribution in [0.2, 0.25) is 0 Å². The van der Waals surface area contributed by atoms with E-state index in [0.717, 1.165) is 41.8 Å². The molecule has 0 saturated carbocycles. The summed E-state index contributed by atoms with van der Waals surface area (Å²) in [6, 6.07) is 18.8. The van der Waals surface area contributed by atoms with Crippen molar-refractivity contribution in [2.75, 3.05) is 6.54 Å². The number of benzene rings is 2. The minimum absolute atomic E-state index is 0.205. The van der Waals surface area contributed by atoms with E-state index < -0.39 is 0 Å². The minimum atomic E-state index is -0.205. The maximum Gasteiger partial charge on any atom is 0.131 e. The molecule has 128 valence electrons. The van der Waals surface area contributed by atoms with Crippen molar-refractivity contribution in [1.29, 1.82) is 0 Å². The first-order valence-electron chi connectivity index (χ1n) is 8.82. The van der Waals surface area contributed by atoms with E-state index in [1.807, 2.05) is 54.7 Å². The standard InChI is InChI=1S/C23H19FN2/c24-22-12-4-3-11-21(22)20-10-2-1-7-17(20)15-18-8-6-14-26-23(18)19-9-5-13-25-16-19/h1-5,7,9-13,15-16H,6,8,14H2/b18-15-. The molecule has 4 rings (SSSR count). The predicted molar refractivity (Wildman–Crippen MR) is 105 cm³/mol. The van der Waals surface area contributed by atoms with Gasteiger partial charge in [0.05, 0.1) is 5.71 Å². The SMILES string of the molecule is Fc1ccccc1-c1ccccc1/C=C1/CCCN=C1c1cccnc1. The summed E-state index contributed by atoms with van der Waals surface area (Å²) < 4.78 is 14.3. The van der Waals surface area contributed by atoms with E-state index in [2.05, 4.69) is 11.1 Å². The zero-order valence-electron chi connectivity index (χ0n) is 14.4. The molecule has 0 N–H and O–H groups in total. The molecule has 2 heterocycles. The van der Waals surface area contributed by atoms with Gasteiger partial charge >= 0.3 is 0 Å². The molecule has 0 spiro atoms. The van der Waals surface area contributed by atoms with Crippen molar-refractivity contribution in [2.24, 2.45) is 4.99 Å². The van der Waals surface area contributed by atoms with Crippen LogP contribution in [0.3, 0.4) is 0 Å². The molecule has 0 fully saturated rings. The van der Waals surface area contributed by atoms with Crippen molar-refractivity contribution in [3.63, 3.8) is 0 Å². The van der Waals surface area contributed by atoms with Crippen LogP contribution in [0.4, 0.5) is 4.39 Å². The summed E-state index contributed by atoms with van der Waals surface area (Å²) in [6.45, 7) is 0.830. The van der Waals surface area contributed by atoms with Gasteiger partial charge in [0.2, 0.25) is 0 Å². The van der Waals surface area contributed by atoms with E-state index in [4.69, 9.17) is 4.99 Å². The highest BCUT2D eigenvalue weighted by atomic mass is 19.1. The molecule has 26 heavy (non-hydrogen) atoms. The van der Waals surface area contributed by atoms with Crippen LogP contribution >= 0.6 is 0 Å². The van der Waals surface area contributed by atoms with Crippen LogP contribution in [-0.2, 0) is 0 Å². The average Bonchev–Trinajstić information content (AvgIpc) is 2.70. The number of pyridine rings is 1. The predicted octanol–water partition coefficient (Wildman–Crippen LogP) is 5.55. The Kier molecular flexibility index (Phi) is 4.69. The number of nitrogens with zero attached hydrogens (tertiary/aromatic N) is 2. The van der Waals surface area contributed by atoms with E-state index in [0.29, 0.717) is 5.56 Å². The number of halogens is 1. The third kappa shape index (κ3) is 3.33. The molecule has 0 amide bonds. The number of hydrogen-bond acceptors (Lipinski definition) is 2. The van der Waals surface area contributed by atoms with Gasteiger partial charge in [-0.2, -0.15) is 0 Å². The molecule has 3 heteroatoms. The molecule has 2 aromatic carbocycles. The minimum Gasteiger partial charge on any atom is -0.284 e. The van der Waals surface area contributed by atoms with Gasteiger partial charge in [-0.3, -0.25) is 9.98 Å². The Labute approximate surface area is 152 Å². The second kappa shape index (κ2) is 7.44. The van der Waals surface area contributed by atoms with Crippen LogP contribution in [0.25, 0.3) is 17.2 Å². The summed E-state index contributed by atoms with van der Waals surface area (Å²) in [5, 5.41) is 0. The fraction of sp³-hybridized carbons (Fsp3) is 0.130. The highest BCUT2D eigenvalue weighted by Crippen LogP contribution is 2.30. The molecule has 1 aromatic heterocycles. The summed E-state index contributed by atoms with van der Waals surface area (Å²) in [5.74, 6) is -0.205. The third-order valence-corrected chi connectivity index (χ3v) is 4.57. The first-order chi connectivity index (χ1) is 12.8. The van der Waals surface area contributed by atoms with Crippen LogP contribution in [0.1, 0.15) is 24.0 Å². The second-order valence-corrected chi connectivity index (χ2v) is 6.31. The molecule has 0 atom stereocenters. The monoisotopic (exact) mass is 342 g/mol. The lowest BCUT2D eigenvalue weighted by atomic mass is 9.92. The first kappa shape index (κ1) is 16.4. The van der Waals surface area contributed by atoms with E-state index in [1.165, 1.54) is 11.6 Å². The number of allylic oxidation sites excluding steroid dienone is 1. The first-order valence-corrected chi connectivity index (χ1v) is 8.82. The van der Waals surface area contributed by atoms with Gasteiger partial charge in [0, 0.05) is 30.1 Å². The Bertz CT molecular complexity index is 974. The van der Waals surface area contributed by atoms with Crippen molar-refractivity contribution in [1.82, 2.24) is 4.98 Å². The summed E-state index contributed by atoms with van der Waals surface area (Å²) in [4.78, 5) is 8.95. The lowest BCUT2D eigenvalue weighted by molar-refractivity contribution is 0.631. The molecule has 0 saturated heterocycles. The van der Waals surface area contributed by atoms with Crippen LogP contribution in [0.5, 0.6) is 0 Å². The largest absolute Gasteiger partial charge is 0.284 e. The summed E-state index contributed by atoms with van der Waals surface area (Å²) in [6.07, 6.45) is 7.74. The second-order valence-electron chi connectivity index (χ2n) is 6.31. The van der Waals surface area contributed by atoms with E-state index in [-0.39, 0.29) is 5.82 Å². The van der Waals surface area contributed by atoms with Crippen LogP contribution < -0.4 is 0 Å². The topological polar surface area (TPSA) is 25.2 Å². The zero-order valence-corrected chi connectivity index (χ0v) is 14.4. The number of aliphatic imine (C=N–C) groups is 1. The molecule has 0 aliphatic carbocycles. The lowest BCUT2D eigenvalue weighted by Crippen LogP contribution is -2.12. The Hall–Kier alpha value is -3.07. The molecule has 0 unspecified atom stereocenters. The fourth-order valence-electron chi connectivity index (χ4n) is 3.34. The van der Waals surface area contributed by atoms with Gasteiger partial charge in [-0.05, 0) is 53.8 Å². The van der Waals surface area contributed by atoms with Gasteiger partial charge < -0.3 is 0 Å². The number of rotatable bonds is 3. The molecule has 1 aliphatic heterocycles. The Morgan fingerprint density at radius 2 is 1.69 bits per heavy atom. The molecule has 3 aromatic rings. The normalized spacial score (nSPS) is 15.7. The maximum absolute atomic E-state index is 14.3. The number of hydrogen-bond donors (Lipinski definition) is 0. The molecule has 0 bridgehead atoms. The smallest absolute Gasteiger partial charge is 0.131 e. The Morgan fingerprint density at radius 1 is 0.885 bits per heavy atom. The summed E-state index contributed by atoms with van der Waals surface area (Å²) in [7, 11) is 0. The van der Waals surface area contributed by atoms with Crippen molar-refractivity contribution in [3.05, 3.63) is 95.6 Å². The Morgan fingerprint density at radius 3 is 2.50 bits per heavy atom. The number of aromatic nitrogens is 1. The molecule has 0 radical (unpaired) electrons. The summed E-state index contributed by atoms with van der Waals surface area (Å²) >= 11 is 0. The van der Waals surface area contributed by atoms with Gasteiger partial charge in [-0.25, -0.2) is 4.39 Å². The lowest BCUT2D eigenvalue weighted by Gasteiger charge is -2.17. The van der Waals surface area contributed by atoms with Crippen molar-refractivity contribution < 1.29 is 4.39 Å². The van der Waals surface area contributed by atoms with Crippen LogP contribution in [-0.4, -0.2) is 17.2 Å². The van der Waals surface area contributed by atoms with Gasteiger partial charge in [0.15, 0.2) is 0 Å². The Balaban J connectivity index is 1.80. The van der Waals surface area contributed by atoms with Crippen molar-refractivity contribution >= 4 is 11.8 Å². The van der Waals surface area contributed by atoms with Gasteiger partial charge in [-0.1, -0.05) is 42.5 Å². The maximum atomic E-state index is 14.3. The van der Waals surface area contributed by atoms with Crippen molar-refractivity contribution in [2.45, 2.75) is 12.8 Å². The fourth-order valence-corrected chi connectivity index (χ4v) is 3.34. The van der Waals surface area contributed by atoms with Gasteiger partial charge in [0.1, 0.15) is 5.82 Å². The average molecular weight is 342 g/mol. The molecule has 1 aliphatic rings. The molecular formula is C23H19FN2. The highest BCUT2D eigenvalue weighted by Gasteiger charge is 2.15. The van der Waals surface area contributed by atoms with Gasteiger partial charge in [0.25, 0.3) is 0 Å². The van der Waals surface area contributed by atoms with Gasteiger partial charge in [-0.15, -0.1) is 0 Å². The zero-order chi connectivity index (χ0) is 17.8. The van der Waals surface area contributed by atoms with E-state index in [1.54, 1.807) is 12.3 Å². The van der Waals surface area contributed by atoms with Crippen LogP contribution in [0, 0.1) is 5.82 Å². The van der Waals surface area contributed by atoms with E-state index >= 15 is 0 Å². The van der Waals surface area contributed by atoms with Crippen LogP contribution in [0.15, 0.2) is 83.6 Å². The quantitative estimate of drug-likeness (QED) is 0.612. The summed E-state index contributed by atoms with van der Waals surface area (Å²) in [5.41, 5.74) is 5.72.